The minimum atomic E-state index is -0.0411. The Hall–Kier alpha value is -1.16. The van der Waals surface area contributed by atoms with Gasteiger partial charge in [0.05, 0.1) is 11.8 Å². The molecule has 0 heterocycles. The normalized spacial score (nSPS) is 12.0. The Morgan fingerprint density at radius 2 is 1.57 bits per heavy atom. The fourth-order valence-electron chi connectivity index (χ4n) is 1.80. The van der Waals surface area contributed by atoms with Gasteiger partial charge in [-0.25, -0.2) is 0 Å². The van der Waals surface area contributed by atoms with Crippen molar-refractivity contribution in [2.75, 3.05) is 5.75 Å². The van der Waals surface area contributed by atoms with Crippen LogP contribution in [0.1, 0.15) is 18.5 Å². The third-order valence-corrected chi connectivity index (χ3v) is 4.45. The van der Waals surface area contributed by atoms with Gasteiger partial charge in [0.15, 0.2) is 0 Å². The van der Waals surface area contributed by atoms with E-state index in [1.54, 1.807) is 0 Å². The van der Waals surface area contributed by atoms with Crippen LogP contribution >= 0.6 is 35.0 Å². The summed E-state index contributed by atoms with van der Waals surface area (Å²) in [5.74, 6) is 0.372. The van der Waals surface area contributed by atoms with Gasteiger partial charge < -0.3 is 5.32 Å². The second-order valence-corrected chi connectivity index (χ2v) is 6.50. The van der Waals surface area contributed by atoms with E-state index in [2.05, 4.69) is 5.32 Å². The zero-order chi connectivity index (χ0) is 15.2. The summed E-state index contributed by atoms with van der Waals surface area (Å²) in [6, 6.07) is 14.9. The van der Waals surface area contributed by atoms with Crippen molar-refractivity contribution in [3.8, 4) is 0 Å². The minimum absolute atomic E-state index is 0.00241. The average molecular weight is 340 g/mol. The molecule has 0 fully saturated rings. The zero-order valence-corrected chi connectivity index (χ0v) is 13.8. The Kier molecular flexibility index (Phi) is 5.97. The number of hydrogen-bond acceptors (Lipinski definition) is 2. The predicted molar refractivity (Wildman–Crippen MR) is 90.2 cm³/mol. The van der Waals surface area contributed by atoms with E-state index in [1.807, 2.05) is 55.5 Å². The molecule has 1 amide bonds. The molecule has 2 nitrogen and oxygen atoms in total. The molecule has 0 spiro atoms. The van der Waals surface area contributed by atoms with E-state index in [9.17, 15) is 4.79 Å². The summed E-state index contributed by atoms with van der Waals surface area (Å²) in [5, 5.41) is 4.35. The Morgan fingerprint density at radius 1 is 1.05 bits per heavy atom. The molecule has 21 heavy (non-hydrogen) atoms. The first-order chi connectivity index (χ1) is 10.0. The van der Waals surface area contributed by atoms with Crippen molar-refractivity contribution in [2.45, 2.75) is 17.9 Å². The van der Waals surface area contributed by atoms with Crippen molar-refractivity contribution in [1.82, 2.24) is 5.32 Å². The zero-order valence-electron chi connectivity index (χ0n) is 11.5. The lowest BCUT2D eigenvalue weighted by molar-refractivity contribution is -0.119. The Morgan fingerprint density at radius 3 is 2.14 bits per heavy atom. The lowest BCUT2D eigenvalue weighted by atomic mass is 10.1. The molecule has 0 aliphatic carbocycles. The van der Waals surface area contributed by atoms with Gasteiger partial charge in [0, 0.05) is 14.9 Å². The molecule has 5 heteroatoms. The lowest BCUT2D eigenvalue weighted by Gasteiger charge is -2.14. The molecule has 110 valence electrons. The molecule has 0 radical (unpaired) electrons. The first kappa shape index (κ1) is 16.2. The number of hydrogen-bond donors (Lipinski definition) is 1. The van der Waals surface area contributed by atoms with Crippen LogP contribution in [0, 0.1) is 0 Å². The van der Waals surface area contributed by atoms with E-state index in [0.717, 1.165) is 10.5 Å². The summed E-state index contributed by atoms with van der Waals surface area (Å²) in [6.07, 6.45) is 0. The van der Waals surface area contributed by atoms with Crippen LogP contribution in [0.15, 0.2) is 53.4 Å². The number of rotatable bonds is 5. The van der Waals surface area contributed by atoms with Crippen LogP contribution < -0.4 is 5.32 Å². The molecule has 1 atom stereocenters. The van der Waals surface area contributed by atoms with Gasteiger partial charge in [0.25, 0.3) is 0 Å². The quantitative estimate of drug-likeness (QED) is 0.779. The number of nitrogens with one attached hydrogen (secondary N) is 1. The molecule has 0 saturated heterocycles. The van der Waals surface area contributed by atoms with Crippen molar-refractivity contribution >= 4 is 40.9 Å². The van der Waals surface area contributed by atoms with Crippen LogP contribution in [0.2, 0.25) is 10.0 Å². The fourth-order valence-corrected chi connectivity index (χ4v) is 2.76. The van der Waals surface area contributed by atoms with Crippen LogP contribution in [0.3, 0.4) is 0 Å². The summed E-state index contributed by atoms with van der Waals surface area (Å²) in [6.45, 7) is 1.95. The van der Waals surface area contributed by atoms with Crippen LogP contribution in [0.25, 0.3) is 0 Å². The SMILES string of the molecule is CC(NC(=O)CSc1ccc(Cl)cc1)c1ccc(Cl)cc1. The molecule has 1 N–H and O–H groups in total. The molecule has 0 aliphatic rings. The van der Waals surface area contributed by atoms with Crippen molar-refractivity contribution in [2.24, 2.45) is 0 Å². The Bertz CT molecular complexity index is 599. The van der Waals surface area contributed by atoms with Crippen LogP contribution in [-0.4, -0.2) is 11.7 Å². The maximum Gasteiger partial charge on any atom is 0.230 e. The van der Waals surface area contributed by atoms with E-state index in [0.29, 0.717) is 15.8 Å². The van der Waals surface area contributed by atoms with Crippen LogP contribution in [-0.2, 0) is 4.79 Å². The largest absolute Gasteiger partial charge is 0.349 e. The van der Waals surface area contributed by atoms with E-state index in [-0.39, 0.29) is 11.9 Å². The van der Waals surface area contributed by atoms with Gasteiger partial charge in [-0.05, 0) is 48.9 Å². The second kappa shape index (κ2) is 7.74. The summed E-state index contributed by atoms with van der Waals surface area (Å²) in [7, 11) is 0. The molecule has 0 bridgehead atoms. The number of thioether (sulfide) groups is 1. The summed E-state index contributed by atoms with van der Waals surface area (Å²) < 4.78 is 0. The third kappa shape index (κ3) is 5.27. The summed E-state index contributed by atoms with van der Waals surface area (Å²) in [4.78, 5) is 13.0. The van der Waals surface area contributed by atoms with Crippen molar-refractivity contribution in [1.29, 1.82) is 0 Å². The molecular formula is C16H15Cl2NOS. The van der Waals surface area contributed by atoms with Crippen molar-refractivity contribution in [3.63, 3.8) is 0 Å². The molecule has 0 aliphatic heterocycles. The van der Waals surface area contributed by atoms with Crippen molar-refractivity contribution in [3.05, 3.63) is 64.1 Å². The molecule has 0 saturated carbocycles. The maximum atomic E-state index is 11.9. The van der Waals surface area contributed by atoms with Gasteiger partial charge in [0.1, 0.15) is 0 Å². The number of amides is 1. The van der Waals surface area contributed by atoms with Crippen LogP contribution in [0.5, 0.6) is 0 Å². The summed E-state index contributed by atoms with van der Waals surface area (Å²) >= 11 is 13.2. The number of halogens is 2. The minimum Gasteiger partial charge on any atom is -0.349 e. The van der Waals surface area contributed by atoms with E-state index in [1.165, 1.54) is 11.8 Å². The van der Waals surface area contributed by atoms with Gasteiger partial charge in [-0.2, -0.15) is 0 Å². The highest BCUT2D eigenvalue weighted by molar-refractivity contribution is 8.00. The van der Waals surface area contributed by atoms with Gasteiger partial charge >= 0.3 is 0 Å². The Labute approximate surface area is 138 Å². The molecule has 2 aromatic carbocycles. The highest BCUT2D eigenvalue weighted by Gasteiger charge is 2.09. The molecule has 2 rings (SSSR count). The number of carbonyl (C=O) groups excluding carboxylic acids is 1. The number of benzene rings is 2. The average Bonchev–Trinajstić information content (AvgIpc) is 2.47. The monoisotopic (exact) mass is 339 g/mol. The standard InChI is InChI=1S/C16H15Cl2NOS/c1-11(12-2-4-13(17)5-3-12)19-16(20)10-21-15-8-6-14(18)7-9-15/h2-9,11H,10H2,1H3,(H,19,20). The molecule has 0 aromatic heterocycles. The second-order valence-electron chi connectivity index (χ2n) is 4.58. The molecule has 1 unspecified atom stereocenters. The third-order valence-electron chi connectivity index (χ3n) is 2.93. The predicted octanol–water partition coefficient (Wildman–Crippen LogP) is 4.96. The topological polar surface area (TPSA) is 29.1 Å². The first-order valence-corrected chi connectivity index (χ1v) is 8.22. The van der Waals surface area contributed by atoms with Gasteiger partial charge in [-0.1, -0.05) is 35.3 Å². The van der Waals surface area contributed by atoms with E-state index < -0.39 is 0 Å². The highest BCUT2D eigenvalue weighted by atomic mass is 35.5. The highest BCUT2D eigenvalue weighted by Crippen LogP contribution is 2.21. The molecule has 2 aromatic rings. The first-order valence-electron chi connectivity index (χ1n) is 6.48. The van der Waals surface area contributed by atoms with Gasteiger partial charge in [0.2, 0.25) is 5.91 Å². The Balaban J connectivity index is 1.83. The van der Waals surface area contributed by atoms with Gasteiger partial charge in [-0.3, -0.25) is 4.79 Å². The van der Waals surface area contributed by atoms with E-state index >= 15 is 0 Å². The number of carbonyl (C=O) groups is 1. The van der Waals surface area contributed by atoms with E-state index in [4.69, 9.17) is 23.2 Å². The smallest absolute Gasteiger partial charge is 0.230 e. The fraction of sp³-hybridized carbons (Fsp3) is 0.188. The van der Waals surface area contributed by atoms with Gasteiger partial charge in [-0.15, -0.1) is 11.8 Å². The maximum absolute atomic E-state index is 11.9. The lowest BCUT2D eigenvalue weighted by Crippen LogP contribution is -2.28. The van der Waals surface area contributed by atoms with Crippen LogP contribution in [0.4, 0.5) is 0 Å². The summed E-state index contributed by atoms with van der Waals surface area (Å²) in [5.41, 5.74) is 1.03. The van der Waals surface area contributed by atoms with Crippen molar-refractivity contribution < 1.29 is 4.79 Å². The molecular weight excluding hydrogens is 325 g/mol.